The Hall–Kier alpha value is -0.810. The summed E-state index contributed by atoms with van der Waals surface area (Å²) in [6.07, 6.45) is 0.0535. The Labute approximate surface area is 191 Å². The fourth-order valence-electron chi connectivity index (χ4n) is 2.58. The molecule has 0 bridgehead atoms. The van der Waals surface area contributed by atoms with Gasteiger partial charge in [0, 0.05) is 40.7 Å². The van der Waals surface area contributed by atoms with Crippen molar-refractivity contribution in [1.29, 1.82) is 0 Å². The van der Waals surface area contributed by atoms with Crippen LogP contribution in [0.4, 0.5) is 0 Å². The number of rotatable bonds is 18. The molecule has 0 unspecified atom stereocenters. The molecule has 1 heterocycles. The molecule has 0 aromatic carbocycles. The zero-order valence-electron chi connectivity index (χ0n) is 20.5. The van der Waals surface area contributed by atoms with Crippen molar-refractivity contribution in [2.24, 2.45) is 0 Å². The molecule has 0 spiro atoms. The number of ether oxygens (including phenoxy) is 5. The molecule has 0 saturated carbocycles. The van der Waals surface area contributed by atoms with Gasteiger partial charge in [-0.1, -0.05) is 13.8 Å². The number of carbonyl (C=O) groups excluding carboxylic acids is 1. The average molecular weight is 452 g/mol. The van der Waals surface area contributed by atoms with Gasteiger partial charge < -0.3 is 33.9 Å². The minimum Gasteiger partial charge on any atom is -0.378 e. The molecule has 0 radical (unpaired) electrons. The predicted molar refractivity (Wildman–Crippen MR) is 125 cm³/mol. The maximum absolute atomic E-state index is 11.4. The van der Waals surface area contributed by atoms with Gasteiger partial charge in [0.15, 0.2) is 0 Å². The second-order valence-corrected chi connectivity index (χ2v) is 7.30. The summed E-state index contributed by atoms with van der Waals surface area (Å²) >= 11 is 0. The zero-order chi connectivity index (χ0) is 23.2. The number of hydrogen-bond acceptors (Lipinski definition) is 8. The highest BCUT2D eigenvalue weighted by Crippen LogP contribution is 1.98. The molecule has 188 valence electrons. The number of nitrogens with one attached hydrogen (secondary N) is 1. The first-order chi connectivity index (χ1) is 15.1. The molecule has 1 saturated heterocycles. The second-order valence-electron chi connectivity index (χ2n) is 7.30. The molecule has 1 rings (SSSR count). The molecule has 9 heteroatoms. The van der Waals surface area contributed by atoms with Crippen LogP contribution in [0, 0.1) is 0 Å². The van der Waals surface area contributed by atoms with E-state index in [-0.39, 0.29) is 20.0 Å². The summed E-state index contributed by atoms with van der Waals surface area (Å²) < 4.78 is 27.1. The Morgan fingerprint density at radius 2 is 1.32 bits per heavy atom. The van der Waals surface area contributed by atoms with Gasteiger partial charge in [-0.25, -0.2) is 0 Å². The van der Waals surface area contributed by atoms with Crippen molar-refractivity contribution >= 4 is 5.91 Å². The maximum Gasteiger partial charge on any atom is 0.246 e. The van der Waals surface area contributed by atoms with Crippen LogP contribution in [0.5, 0.6) is 0 Å². The minimum atomic E-state index is -0.126. The highest BCUT2D eigenvalue weighted by molar-refractivity contribution is 5.77. The maximum atomic E-state index is 11.4. The van der Waals surface area contributed by atoms with Crippen LogP contribution in [0.1, 0.15) is 29.1 Å². The molecule has 0 atom stereocenters. The van der Waals surface area contributed by atoms with E-state index in [0.717, 1.165) is 39.3 Å². The summed E-state index contributed by atoms with van der Waals surface area (Å²) in [6, 6.07) is 0. The van der Waals surface area contributed by atoms with Crippen molar-refractivity contribution in [2.45, 2.75) is 33.8 Å². The van der Waals surface area contributed by atoms with Gasteiger partial charge in [-0.05, 0) is 20.9 Å². The summed E-state index contributed by atoms with van der Waals surface area (Å²) in [7, 11) is 2.16. The third kappa shape index (κ3) is 20.8. The molecule has 1 fully saturated rings. The van der Waals surface area contributed by atoms with Crippen molar-refractivity contribution in [3.8, 4) is 0 Å². The number of nitrogens with zero attached hydrogens (tertiary/aromatic N) is 2. The van der Waals surface area contributed by atoms with Gasteiger partial charge in [0.2, 0.25) is 5.91 Å². The van der Waals surface area contributed by atoms with E-state index in [1.54, 1.807) is 0 Å². The number of amides is 1. The Morgan fingerprint density at radius 3 is 1.84 bits per heavy atom. The minimum absolute atomic E-state index is 0. The van der Waals surface area contributed by atoms with E-state index in [4.69, 9.17) is 23.7 Å². The van der Waals surface area contributed by atoms with Crippen LogP contribution >= 0.6 is 0 Å². The molecule has 0 aromatic rings. The summed E-state index contributed by atoms with van der Waals surface area (Å²) in [4.78, 5) is 16.2. The lowest BCUT2D eigenvalue weighted by molar-refractivity contribution is -0.127. The molecule has 9 nitrogen and oxygen atoms in total. The smallest absolute Gasteiger partial charge is 0.246 e. The van der Waals surface area contributed by atoms with E-state index < -0.39 is 0 Å². The van der Waals surface area contributed by atoms with Crippen molar-refractivity contribution in [3.05, 3.63) is 0 Å². The lowest BCUT2D eigenvalue weighted by atomic mass is 10.3. The van der Waals surface area contributed by atoms with Crippen molar-refractivity contribution < 1.29 is 29.9 Å². The van der Waals surface area contributed by atoms with Crippen LogP contribution in [0.25, 0.3) is 0 Å². The highest BCUT2D eigenvalue weighted by Gasteiger charge is 2.12. The normalized spacial score (nSPS) is 15.0. The topological polar surface area (TPSA) is 81.7 Å². The average Bonchev–Trinajstić information content (AvgIpc) is 2.77. The quantitative estimate of drug-likeness (QED) is 0.311. The highest BCUT2D eigenvalue weighted by atomic mass is 16.6. The van der Waals surface area contributed by atoms with E-state index in [9.17, 15) is 4.79 Å². The number of hydrogen-bond donors (Lipinski definition) is 1. The fourth-order valence-corrected chi connectivity index (χ4v) is 2.58. The summed E-state index contributed by atoms with van der Waals surface area (Å²) in [5.41, 5.74) is 0. The van der Waals surface area contributed by atoms with Crippen molar-refractivity contribution in [3.63, 3.8) is 0 Å². The molecule has 1 amide bonds. The van der Waals surface area contributed by atoms with Gasteiger partial charge in [-0.15, -0.1) is 0 Å². The van der Waals surface area contributed by atoms with Gasteiger partial charge in [0.05, 0.1) is 59.0 Å². The molecule has 1 aliphatic heterocycles. The van der Waals surface area contributed by atoms with Crippen LogP contribution in [0.15, 0.2) is 0 Å². The molecular weight excluding hydrogens is 402 g/mol. The number of carbonyl (C=O) groups is 1. The Morgan fingerprint density at radius 1 is 0.839 bits per heavy atom. The van der Waals surface area contributed by atoms with Gasteiger partial charge >= 0.3 is 0 Å². The van der Waals surface area contributed by atoms with Gasteiger partial charge in [0.25, 0.3) is 0 Å². The first-order valence-corrected chi connectivity index (χ1v) is 11.7. The Balaban J connectivity index is 0. The summed E-state index contributed by atoms with van der Waals surface area (Å²) in [5, 5.41) is 2.73. The third-order valence-corrected chi connectivity index (χ3v) is 4.38. The number of likely N-dealkylation sites (N-methyl/N-ethyl adjacent to an activating group) is 1. The van der Waals surface area contributed by atoms with Crippen LogP contribution in [-0.4, -0.2) is 128 Å². The van der Waals surface area contributed by atoms with Crippen molar-refractivity contribution in [1.82, 2.24) is 15.1 Å². The van der Waals surface area contributed by atoms with Crippen LogP contribution in [0.3, 0.4) is 0 Å². The van der Waals surface area contributed by atoms with Crippen LogP contribution < -0.4 is 5.32 Å². The monoisotopic (exact) mass is 451 g/mol. The first-order valence-electron chi connectivity index (χ1n) is 11.7. The van der Waals surface area contributed by atoms with Crippen molar-refractivity contribution in [2.75, 3.05) is 106 Å². The predicted octanol–water partition coefficient (Wildman–Crippen LogP) is 1.11. The van der Waals surface area contributed by atoms with Gasteiger partial charge in [-0.2, -0.15) is 0 Å². The third-order valence-electron chi connectivity index (χ3n) is 4.38. The molecule has 0 aliphatic carbocycles. The first kappa shape index (κ1) is 30.2. The SMILES string of the molecule is CC.CC(C)OCC(=O)NCCOCCOCCOCCOCCN1CCN(C)CC1.[HH]. The van der Waals surface area contributed by atoms with E-state index in [1.165, 1.54) is 0 Å². The lowest BCUT2D eigenvalue weighted by Crippen LogP contribution is -2.45. The zero-order valence-corrected chi connectivity index (χ0v) is 20.5. The largest absolute Gasteiger partial charge is 0.378 e. The fraction of sp³-hybridized carbons (Fsp3) is 0.955. The molecule has 0 aromatic heterocycles. The Kier molecular flexibility index (Phi) is 21.8. The van der Waals surface area contributed by atoms with E-state index >= 15 is 0 Å². The lowest BCUT2D eigenvalue weighted by Gasteiger charge is -2.32. The Bertz CT molecular complexity index is 400. The molecular formula is C22H49N3O6. The van der Waals surface area contributed by atoms with E-state index in [0.29, 0.717) is 52.8 Å². The van der Waals surface area contributed by atoms with Gasteiger partial charge in [0.1, 0.15) is 6.61 Å². The molecule has 31 heavy (non-hydrogen) atoms. The van der Waals surface area contributed by atoms with Crippen LogP contribution in [-0.2, 0) is 28.5 Å². The second kappa shape index (κ2) is 22.4. The summed E-state index contributed by atoms with van der Waals surface area (Å²) in [5.74, 6) is -0.126. The molecule has 1 aliphatic rings. The van der Waals surface area contributed by atoms with Crippen LogP contribution in [0.2, 0.25) is 0 Å². The molecule has 1 N–H and O–H groups in total. The van der Waals surface area contributed by atoms with E-state index in [2.05, 4.69) is 22.2 Å². The van der Waals surface area contributed by atoms with E-state index in [1.807, 2.05) is 27.7 Å². The summed E-state index contributed by atoms with van der Waals surface area (Å²) in [6.45, 7) is 18.4. The number of piperazine rings is 1. The van der Waals surface area contributed by atoms with Gasteiger partial charge in [-0.3, -0.25) is 9.69 Å². The standard InChI is InChI=1S/C20H41N3O6.C2H6.H2/c1-19(2)29-18-20(24)21-4-10-25-12-14-27-16-17-28-15-13-26-11-9-23-7-5-22(3)6-8-23;1-2;/h19H,4-18H2,1-3H3,(H,21,24);1-2H3;1H.